The van der Waals surface area contributed by atoms with Crippen LogP contribution in [0.2, 0.25) is 0 Å². The molecule has 1 aromatic heterocycles. The Kier molecular flexibility index (Phi) is 1.08. The van der Waals surface area contributed by atoms with E-state index >= 15 is 0 Å². The summed E-state index contributed by atoms with van der Waals surface area (Å²) in [6.07, 6.45) is 3.80. The van der Waals surface area contributed by atoms with Crippen LogP contribution in [0.25, 0.3) is 6.20 Å². The summed E-state index contributed by atoms with van der Waals surface area (Å²) in [6, 6.07) is 1.94. The molecule has 0 saturated carbocycles. The van der Waals surface area contributed by atoms with Gasteiger partial charge in [0.2, 0.25) is 0 Å². The van der Waals surface area contributed by atoms with E-state index in [-0.39, 0.29) is 0 Å². The number of aryl methyl sites for hydroxylation is 1. The standard InChI is InChI=1S/C7H7NOS/c1-6-4-7-8(5-6)2-3-10(7)9/h2-5H,1H3. The maximum absolute atomic E-state index is 11.1. The second kappa shape index (κ2) is 1.83. The van der Waals surface area contributed by atoms with E-state index < -0.39 is 10.8 Å². The van der Waals surface area contributed by atoms with Gasteiger partial charge >= 0.3 is 0 Å². The number of hydrogen-bond donors (Lipinski definition) is 0. The SMILES string of the molecule is Cc1cc2n(c1)C=CS2=O. The van der Waals surface area contributed by atoms with Crippen molar-refractivity contribution in [3.8, 4) is 0 Å². The van der Waals surface area contributed by atoms with Crippen molar-refractivity contribution < 1.29 is 4.21 Å². The molecule has 1 aliphatic rings. The van der Waals surface area contributed by atoms with Crippen LogP contribution in [0.5, 0.6) is 0 Å². The molecule has 0 aromatic carbocycles. The minimum atomic E-state index is -0.895. The molecule has 0 spiro atoms. The van der Waals surface area contributed by atoms with E-state index in [1.54, 1.807) is 5.41 Å². The zero-order chi connectivity index (χ0) is 7.14. The molecular formula is C7H7NOS. The zero-order valence-electron chi connectivity index (χ0n) is 5.57. The summed E-state index contributed by atoms with van der Waals surface area (Å²) in [5.74, 6) is 0. The van der Waals surface area contributed by atoms with Crippen molar-refractivity contribution in [3.63, 3.8) is 0 Å². The van der Waals surface area contributed by atoms with E-state index in [0.29, 0.717) is 0 Å². The van der Waals surface area contributed by atoms with Gasteiger partial charge in [0.1, 0.15) is 5.03 Å². The van der Waals surface area contributed by atoms with Crippen molar-refractivity contribution in [2.45, 2.75) is 11.9 Å². The highest BCUT2D eigenvalue weighted by atomic mass is 32.2. The average Bonchev–Trinajstić information content (AvgIpc) is 2.35. The largest absolute Gasteiger partial charge is 0.315 e. The van der Waals surface area contributed by atoms with Gasteiger partial charge in [-0.25, -0.2) is 4.21 Å². The van der Waals surface area contributed by atoms with Gasteiger partial charge in [0.25, 0.3) is 0 Å². The molecular weight excluding hydrogens is 146 g/mol. The smallest absolute Gasteiger partial charge is 0.115 e. The molecule has 1 aromatic rings. The molecule has 0 N–H and O–H groups in total. The van der Waals surface area contributed by atoms with Gasteiger partial charge in [-0.2, -0.15) is 0 Å². The first-order valence-corrected chi connectivity index (χ1v) is 4.26. The molecule has 0 fully saturated rings. The minimum Gasteiger partial charge on any atom is -0.315 e. The summed E-state index contributed by atoms with van der Waals surface area (Å²) in [7, 11) is -0.895. The zero-order valence-corrected chi connectivity index (χ0v) is 6.39. The normalized spacial score (nSPS) is 21.5. The fraction of sp³-hybridized carbons (Fsp3) is 0.143. The fourth-order valence-corrected chi connectivity index (χ4v) is 2.06. The molecule has 0 amide bonds. The van der Waals surface area contributed by atoms with Crippen molar-refractivity contribution in [2.24, 2.45) is 0 Å². The van der Waals surface area contributed by atoms with Crippen LogP contribution in [0.4, 0.5) is 0 Å². The molecule has 2 nitrogen and oxygen atoms in total. The first kappa shape index (κ1) is 5.92. The first-order chi connectivity index (χ1) is 4.77. The quantitative estimate of drug-likeness (QED) is 0.551. The molecule has 3 heteroatoms. The van der Waals surface area contributed by atoms with Gasteiger partial charge in [-0.05, 0) is 18.6 Å². The van der Waals surface area contributed by atoms with Gasteiger partial charge in [-0.15, -0.1) is 0 Å². The molecule has 1 unspecified atom stereocenters. The number of fused-ring (bicyclic) bond motifs is 1. The van der Waals surface area contributed by atoms with Crippen LogP contribution in [0.1, 0.15) is 5.56 Å². The summed E-state index contributed by atoms with van der Waals surface area (Å²) in [5, 5.41) is 2.58. The Morgan fingerprint density at radius 3 is 3.10 bits per heavy atom. The number of rotatable bonds is 0. The Morgan fingerprint density at radius 2 is 2.40 bits per heavy atom. The predicted octanol–water partition coefficient (Wildman–Crippen LogP) is 1.35. The van der Waals surface area contributed by atoms with Gasteiger partial charge in [0, 0.05) is 17.8 Å². The summed E-state index contributed by atoms with van der Waals surface area (Å²) in [6.45, 7) is 2.00. The van der Waals surface area contributed by atoms with E-state index in [1.165, 1.54) is 0 Å². The van der Waals surface area contributed by atoms with E-state index in [1.807, 2.05) is 30.0 Å². The van der Waals surface area contributed by atoms with Crippen molar-refractivity contribution in [3.05, 3.63) is 23.2 Å². The molecule has 0 radical (unpaired) electrons. The van der Waals surface area contributed by atoms with Crippen molar-refractivity contribution >= 4 is 17.0 Å². The van der Waals surface area contributed by atoms with Crippen LogP contribution in [0.15, 0.2) is 22.7 Å². The summed E-state index contributed by atoms with van der Waals surface area (Å²) in [5.41, 5.74) is 1.16. The molecule has 0 bridgehead atoms. The van der Waals surface area contributed by atoms with Crippen LogP contribution in [-0.2, 0) is 10.8 Å². The highest BCUT2D eigenvalue weighted by Gasteiger charge is 2.11. The highest BCUT2D eigenvalue weighted by molar-refractivity contribution is 7.88. The molecule has 10 heavy (non-hydrogen) atoms. The van der Waals surface area contributed by atoms with Crippen LogP contribution < -0.4 is 0 Å². The van der Waals surface area contributed by atoms with E-state index in [0.717, 1.165) is 10.6 Å². The van der Waals surface area contributed by atoms with Gasteiger partial charge in [0.15, 0.2) is 0 Å². The molecule has 2 heterocycles. The average molecular weight is 153 g/mol. The fourth-order valence-electron chi connectivity index (χ4n) is 1.06. The van der Waals surface area contributed by atoms with Gasteiger partial charge in [0.05, 0.1) is 10.8 Å². The molecule has 1 aliphatic heterocycles. The Labute approximate surface area is 61.6 Å². The lowest BCUT2D eigenvalue weighted by molar-refractivity contribution is 0.686. The maximum atomic E-state index is 11.1. The molecule has 0 saturated heterocycles. The number of hydrogen-bond acceptors (Lipinski definition) is 1. The Morgan fingerprint density at radius 1 is 1.60 bits per heavy atom. The summed E-state index contributed by atoms with van der Waals surface area (Å²) >= 11 is 0. The van der Waals surface area contributed by atoms with Crippen LogP contribution in [0, 0.1) is 6.92 Å². The summed E-state index contributed by atoms with van der Waals surface area (Å²) in [4.78, 5) is 0. The van der Waals surface area contributed by atoms with Crippen LogP contribution >= 0.6 is 0 Å². The predicted molar refractivity (Wildman–Crippen MR) is 40.9 cm³/mol. The number of aromatic nitrogens is 1. The minimum absolute atomic E-state index is 0.887. The van der Waals surface area contributed by atoms with Crippen LogP contribution in [0.3, 0.4) is 0 Å². The molecule has 52 valence electrons. The van der Waals surface area contributed by atoms with Crippen molar-refractivity contribution in [1.29, 1.82) is 0 Å². The first-order valence-electron chi connectivity index (χ1n) is 3.05. The topological polar surface area (TPSA) is 22.0 Å². The lowest BCUT2D eigenvalue weighted by atomic mass is 10.4. The van der Waals surface area contributed by atoms with E-state index in [9.17, 15) is 4.21 Å². The Balaban J connectivity index is 2.68. The Bertz CT molecular complexity index is 324. The van der Waals surface area contributed by atoms with Gasteiger partial charge in [-0.1, -0.05) is 0 Å². The third-order valence-corrected chi connectivity index (χ3v) is 2.61. The van der Waals surface area contributed by atoms with Crippen molar-refractivity contribution in [2.75, 3.05) is 0 Å². The Hall–Kier alpha value is -0.830. The lowest BCUT2D eigenvalue weighted by Gasteiger charge is -1.87. The van der Waals surface area contributed by atoms with E-state index in [4.69, 9.17) is 0 Å². The lowest BCUT2D eigenvalue weighted by Crippen LogP contribution is -1.84. The highest BCUT2D eigenvalue weighted by Crippen LogP contribution is 2.18. The second-order valence-electron chi connectivity index (χ2n) is 2.35. The van der Waals surface area contributed by atoms with Gasteiger partial charge in [-0.3, -0.25) is 0 Å². The third-order valence-electron chi connectivity index (χ3n) is 1.50. The summed E-state index contributed by atoms with van der Waals surface area (Å²) < 4.78 is 13.0. The monoisotopic (exact) mass is 153 g/mol. The van der Waals surface area contributed by atoms with Crippen LogP contribution in [-0.4, -0.2) is 8.78 Å². The van der Waals surface area contributed by atoms with E-state index in [2.05, 4.69) is 0 Å². The second-order valence-corrected chi connectivity index (χ2v) is 3.63. The van der Waals surface area contributed by atoms with Crippen molar-refractivity contribution in [1.82, 2.24) is 4.57 Å². The van der Waals surface area contributed by atoms with Gasteiger partial charge < -0.3 is 4.57 Å². The molecule has 1 atom stereocenters. The third kappa shape index (κ3) is 0.671. The molecule has 0 aliphatic carbocycles. The maximum Gasteiger partial charge on any atom is 0.115 e. The molecule has 2 rings (SSSR count). The number of nitrogens with zero attached hydrogens (tertiary/aromatic N) is 1.